The smallest absolute Gasteiger partial charge is 0.331 e. The molecule has 0 aliphatic heterocycles. The molecule has 0 heterocycles. The molecule has 0 aliphatic rings. The SMILES string of the molecule is CCCNC(=O)[C@@H](C)OC(=O)/C=C/c1ccc(C(C)C)cc1. The van der Waals surface area contributed by atoms with Crippen LogP contribution >= 0.6 is 0 Å². The number of amides is 1. The minimum absolute atomic E-state index is 0.273. The van der Waals surface area contributed by atoms with Crippen LogP contribution in [0.4, 0.5) is 0 Å². The minimum Gasteiger partial charge on any atom is -0.449 e. The molecule has 1 atom stereocenters. The zero-order chi connectivity index (χ0) is 16.5. The van der Waals surface area contributed by atoms with Crippen LogP contribution in [0.1, 0.15) is 51.2 Å². The Balaban J connectivity index is 2.51. The molecule has 4 heteroatoms. The molecule has 0 aromatic heterocycles. The van der Waals surface area contributed by atoms with Crippen LogP contribution in [0.3, 0.4) is 0 Å². The molecule has 22 heavy (non-hydrogen) atoms. The van der Waals surface area contributed by atoms with Gasteiger partial charge in [-0.15, -0.1) is 0 Å². The first-order chi connectivity index (χ1) is 10.4. The quantitative estimate of drug-likeness (QED) is 0.621. The van der Waals surface area contributed by atoms with Crippen LogP contribution in [-0.4, -0.2) is 24.5 Å². The Hall–Kier alpha value is -2.10. The third-order valence-electron chi connectivity index (χ3n) is 3.23. The number of ether oxygens (including phenoxy) is 1. The zero-order valence-electron chi connectivity index (χ0n) is 13.8. The van der Waals surface area contributed by atoms with Crippen LogP contribution in [0.2, 0.25) is 0 Å². The van der Waals surface area contributed by atoms with Gasteiger partial charge in [-0.25, -0.2) is 4.79 Å². The fourth-order valence-electron chi connectivity index (χ4n) is 1.82. The molecule has 0 spiro atoms. The highest BCUT2D eigenvalue weighted by Crippen LogP contribution is 2.15. The molecule has 1 N–H and O–H groups in total. The fourth-order valence-corrected chi connectivity index (χ4v) is 1.82. The Morgan fingerprint density at radius 1 is 1.18 bits per heavy atom. The largest absolute Gasteiger partial charge is 0.449 e. The molecule has 0 aliphatic carbocycles. The number of hydrogen-bond acceptors (Lipinski definition) is 3. The van der Waals surface area contributed by atoms with Crippen LogP contribution in [0.15, 0.2) is 30.3 Å². The summed E-state index contributed by atoms with van der Waals surface area (Å²) in [5, 5.41) is 2.69. The maximum absolute atomic E-state index is 11.7. The highest BCUT2D eigenvalue weighted by molar-refractivity contribution is 5.90. The summed E-state index contributed by atoms with van der Waals surface area (Å²) < 4.78 is 5.06. The Bertz CT molecular complexity index is 518. The highest BCUT2D eigenvalue weighted by atomic mass is 16.5. The van der Waals surface area contributed by atoms with E-state index in [0.29, 0.717) is 12.5 Å². The first kappa shape index (κ1) is 18.0. The molecule has 0 fully saturated rings. The van der Waals surface area contributed by atoms with Crippen molar-refractivity contribution >= 4 is 18.0 Å². The molecule has 1 aromatic carbocycles. The van der Waals surface area contributed by atoms with Crippen molar-refractivity contribution in [3.63, 3.8) is 0 Å². The summed E-state index contributed by atoms with van der Waals surface area (Å²) in [6, 6.07) is 7.99. The van der Waals surface area contributed by atoms with Gasteiger partial charge in [0, 0.05) is 12.6 Å². The predicted molar refractivity (Wildman–Crippen MR) is 88.4 cm³/mol. The molecule has 0 radical (unpaired) electrons. The Morgan fingerprint density at radius 3 is 2.36 bits per heavy atom. The standard InChI is InChI=1S/C18H25NO3/c1-5-12-19-18(21)14(4)22-17(20)11-8-15-6-9-16(10-7-15)13(2)3/h6-11,13-14H,5,12H2,1-4H3,(H,19,21)/b11-8+/t14-/m1/s1. The topological polar surface area (TPSA) is 55.4 Å². The summed E-state index contributed by atoms with van der Waals surface area (Å²) in [7, 11) is 0. The molecule has 0 bridgehead atoms. The molecule has 1 rings (SSSR count). The van der Waals surface area contributed by atoms with Gasteiger partial charge in [-0.05, 0) is 36.5 Å². The first-order valence-corrected chi connectivity index (χ1v) is 7.70. The fraction of sp³-hybridized carbons (Fsp3) is 0.444. The van der Waals surface area contributed by atoms with E-state index < -0.39 is 12.1 Å². The second kappa shape index (κ2) is 9.03. The third-order valence-corrected chi connectivity index (χ3v) is 3.23. The molecule has 1 amide bonds. The lowest BCUT2D eigenvalue weighted by molar-refractivity contribution is -0.150. The van der Waals surface area contributed by atoms with E-state index in [0.717, 1.165) is 12.0 Å². The van der Waals surface area contributed by atoms with Gasteiger partial charge >= 0.3 is 5.97 Å². The van der Waals surface area contributed by atoms with Crippen molar-refractivity contribution in [2.75, 3.05) is 6.54 Å². The average Bonchev–Trinajstić information content (AvgIpc) is 2.50. The number of nitrogens with one attached hydrogen (secondary N) is 1. The van der Waals surface area contributed by atoms with E-state index >= 15 is 0 Å². The molecule has 0 unspecified atom stereocenters. The average molecular weight is 303 g/mol. The van der Waals surface area contributed by atoms with Crippen LogP contribution < -0.4 is 5.32 Å². The van der Waals surface area contributed by atoms with E-state index in [1.54, 1.807) is 13.0 Å². The van der Waals surface area contributed by atoms with Crippen LogP contribution in [0.25, 0.3) is 6.08 Å². The van der Waals surface area contributed by atoms with Gasteiger partial charge in [0.05, 0.1) is 0 Å². The van der Waals surface area contributed by atoms with E-state index in [2.05, 4.69) is 19.2 Å². The second-order valence-corrected chi connectivity index (χ2v) is 5.52. The molecule has 0 saturated heterocycles. The molecular formula is C18H25NO3. The van der Waals surface area contributed by atoms with Gasteiger partial charge in [-0.3, -0.25) is 4.79 Å². The highest BCUT2D eigenvalue weighted by Gasteiger charge is 2.15. The van der Waals surface area contributed by atoms with Gasteiger partial charge in [-0.1, -0.05) is 45.0 Å². The summed E-state index contributed by atoms with van der Waals surface area (Å²) in [6.07, 6.45) is 3.09. The number of carbonyl (C=O) groups is 2. The van der Waals surface area contributed by atoms with Crippen LogP contribution in [0.5, 0.6) is 0 Å². The predicted octanol–water partition coefficient (Wildman–Crippen LogP) is 3.28. The van der Waals surface area contributed by atoms with E-state index in [1.807, 2.05) is 31.2 Å². The lowest BCUT2D eigenvalue weighted by Crippen LogP contribution is -2.35. The normalized spacial score (nSPS) is 12.4. The Morgan fingerprint density at radius 2 is 1.82 bits per heavy atom. The van der Waals surface area contributed by atoms with Gasteiger partial charge < -0.3 is 10.1 Å². The van der Waals surface area contributed by atoms with Crippen LogP contribution in [0, 0.1) is 0 Å². The van der Waals surface area contributed by atoms with Gasteiger partial charge in [0.15, 0.2) is 6.10 Å². The van der Waals surface area contributed by atoms with E-state index in [1.165, 1.54) is 11.6 Å². The lowest BCUT2D eigenvalue weighted by atomic mass is 10.0. The first-order valence-electron chi connectivity index (χ1n) is 7.70. The number of benzene rings is 1. The zero-order valence-corrected chi connectivity index (χ0v) is 13.8. The van der Waals surface area contributed by atoms with Crippen molar-refractivity contribution in [3.8, 4) is 0 Å². The minimum atomic E-state index is -0.785. The number of carbonyl (C=O) groups excluding carboxylic acids is 2. The van der Waals surface area contributed by atoms with Gasteiger partial charge in [-0.2, -0.15) is 0 Å². The van der Waals surface area contributed by atoms with Crippen molar-refractivity contribution < 1.29 is 14.3 Å². The van der Waals surface area contributed by atoms with Crippen molar-refractivity contribution in [3.05, 3.63) is 41.5 Å². The maximum Gasteiger partial charge on any atom is 0.331 e. The lowest BCUT2D eigenvalue weighted by Gasteiger charge is -2.11. The van der Waals surface area contributed by atoms with Gasteiger partial charge in [0.1, 0.15) is 0 Å². The third kappa shape index (κ3) is 6.12. The molecule has 1 aromatic rings. The summed E-state index contributed by atoms with van der Waals surface area (Å²) in [5.74, 6) is -0.317. The molecular weight excluding hydrogens is 278 g/mol. The van der Waals surface area contributed by atoms with Crippen LogP contribution in [-0.2, 0) is 14.3 Å². The van der Waals surface area contributed by atoms with E-state index in [9.17, 15) is 9.59 Å². The van der Waals surface area contributed by atoms with E-state index in [4.69, 9.17) is 4.74 Å². The molecule has 0 saturated carbocycles. The maximum atomic E-state index is 11.7. The summed E-state index contributed by atoms with van der Waals surface area (Å²) in [4.78, 5) is 23.3. The van der Waals surface area contributed by atoms with Gasteiger partial charge in [0.2, 0.25) is 0 Å². The van der Waals surface area contributed by atoms with Crippen molar-refractivity contribution in [1.82, 2.24) is 5.32 Å². The van der Waals surface area contributed by atoms with Crippen molar-refractivity contribution in [2.45, 2.75) is 46.1 Å². The number of hydrogen-bond donors (Lipinski definition) is 1. The second-order valence-electron chi connectivity index (χ2n) is 5.52. The molecule has 120 valence electrons. The summed E-state index contributed by atoms with van der Waals surface area (Å²) in [6.45, 7) is 8.37. The number of esters is 1. The Labute approximate surface area is 132 Å². The van der Waals surface area contributed by atoms with Gasteiger partial charge in [0.25, 0.3) is 5.91 Å². The summed E-state index contributed by atoms with van der Waals surface area (Å²) in [5.41, 5.74) is 2.17. The van der Waals surface area contributed by atoms with Crippen molar-refractivity contribution in [2.24, 2.45) is 0 Å². The van der Waals surface area contributed by atoms with Crippen molar-refractivity contribution in [1.29, 1.82) is 0 Å². The summed E-state index contributed by atoms with van der Waals surface area (Å²) >= 11 is 0. The Kier molecular flexibility index (Phi) is 7.37. The monoisotopic (exact) mass is 303 g/mol. The van der Waals surface area contributed by atoms with E-state index in [-0.39, 0.29) is 5.91 Å². The molecule has 4 nitrogen and oxygen atoms in total. The number of rotatable bonds is 7.